The SMILES string of the molecule is C.CC(=O)c1cc(Cl)ccc1Oc1ccc(Cl)cc1.CC(=O)c1cc(Cl)ccc1Oc1ccc(Cl)cc1Cl.CC(=O)c1cc(Cl)ccc1Oc1ccc(Cl)cc1Cl.O=C(OCl)c1cc(Cl)ccc1Oc1ccc(Cl)cc1Cl. The lowest BCUT2D eigenvalue weighted by Crippen LogP contribution is -2.01. The molecule has 0 amide bonds. The minimum Gasteiger partial charge on any atom is -0.457 e. The first kappa shape index (κ1) is 64.4. The van der Waals surface area contributed by atoms with Crippen molar-refractivity contribution in [1.82, 2.24) is 0 Å². The standard InChI is InChI=1S/2C14H9Cl3O2.C14H10Cl2O2.C13H6Cl4O3.CH4/c2*1-8(18)11-6-9(15)2-4-13(11)19-14-5-3-10(16)7-12(14)17;1-9(17)13-8-11(16)4-7-14(13)18-12-5-2-10(15)3-6-12;14-7-1-3-11(9(5-7)13(18)20-17)19-12-4-2-8(15)6-10(12)16;/h2*2-7H,1H3;2-8H,1H3;1-6H;1H4. The number of halogens is 12. The van der Waals surface area contributed by atoms with Gasteiger partial charge in [-0.05, 0) is 172 Å². The van der Waals surface area contributed by atoms with E-state index in [0.717, 1.165) is 0 Å². The van der Waals surface area contributed by atoms with Crippen molar-refractivity contribution in [3.8, 4) is 46.0 Å². The lowest BCUT2D eigenvalue weighted by atomic mass is 10.1. The Hall–Kier alpha value is -5.08. The van der Waals surface area contributed by atoms with E-state index in [2.05, 4.69) is 4.29 Å². The normalized spacial score (nSPS) is 10.1. The third kappa shape index (κ3) is 20.0. The Morgan fingerprint density at radius 1 is 0.299 bits per heavy atom. The number of rotatable bonds is 12. The van der Waals surface area contributed by atoms with Crippen LogP contribution in [0, 0.1) is 0 Å². The van der Waals surface area contributed by atoms with E-state index in [1.807, 2.05) is 0 Å². The number of ether oxygens (including phenoxy) is 4. The quantitative estimate of drug-likeness (QED) is 0.110. The molecule has 8 aromatic carbocycles. The van der Waals surface area contributed by atoms with Crippen LogP contribution in [0.1, 0.15) is 69.6 Å². The van der Waals surface area contributed by atoms with Crippen LogP contribution >= 0.6 is 139 Å². The molecular formula is C56H38Cl12O9. The highest BCUT2D eigenvalue weighted by molar-refractivity contribution is 6.37. The van der Waals surface area contributed by atoms with Crippen LogP contribution in [-0.2, 0) is 4.29 Å². The highest BCUT2D eigenvalue weighted by Gasteiger charge is 2.18. The van der Waals surface area contributed by atoms with Gasteiger partial charge in [-0.2, -0.15) is 0 Å². The van der Waals surface area contributed by atoms with Crippen LogP contribution in [0.4, 0.5) is 0 Å². The van der Waals surface area contributed by atoms with E-state index in [4.69, 9.17) is 158 Å². The van der Waals surface area contributed by atoms with E-state index < -0.39 is 5.97 Å². The first-order valence-electron chi connectivity index (χ1n) is 21.4. The molecule has 0 saturated carbocycles. The van der Waals surface area contributed by atoms with Crippen molar-refractivity contribution >= 4 is 163 Å². The van der Waals surface area contributed by atoms with Crippen LogP contribution in [0.25, 0.3) is 0 Å². The molecule has 0 aromatic heterocycles. The molecule has 21 heteroatoms. The van der Waals surface area contributed by atoms with Gasteiger partial charge in [0.25, 0.3) is 0 Å². The zero-order valence-electron chi connectivity index (χ0n) is 39.1. The summed E-state index contributed by atoms with van der Waals surface area (Å²) in [4.78, 5) is 46.2. The Bertz CT molecular complexity index is 3300. The molecule has 8 aromatic rings. The van der Waals surface area contributed by atoms with Gasteiger partial charge in [-0.3, -0.25) is 14.4 Å². The summed E-state index contributed by atoms with van der Waals surface area (Å²) in [6, 6.07) is 40.4. The van der Waals surface area contributed by atoms with Crippen molar-refractivity contribution in [3.05, 3.63) is 229 Å². The third-order valence-electron chi connectivity index (χ3n) is 9.58. The zero-order chi connectivity index (χ0) is 55.8. The van der Waals surface area contributed by atoms with Crippen molar-refractivity contribution in [3.63, 3.8) is 0 Å². The third-order valence-corrected chi connectivity index (χ3v) is 12.5. The molecule has 0 fully saturated rings. The van der Waals surface area contributed by atoms with Gasteiger partial charge in [0.2, 0.25) is 0 Å². The second kappa shape index (κ2) is 30.9. The number of hydrogen-bond acceptors (Lipinski definition) is 9. The maximum atomic E-state index is 11.6. The summed E-state index contributed by atoms with van der Waals surface area (Å²) in [5.74, 6) is 2.15. The predicted octanol–water partition coefficient (Wildman–Crippen LogP) is 22.7. The number of carbonyl (C=O) groups is 4. The molecule has 0 aliphatic carbocycles. The molecule has 0 spiro atoms. The van der Waals surface area contributed by atoms with Gasteiger partial charge in [0.05, 0.1) is 31.8 Å². The van der Waals surface area contributed by atoms with Crippen LogP contribution in [0.3, 0.4) is 0 Å². The van der Waals surface area contributed by atoms with Crippen molar-refractivity contribution in [2.75, 3.05) is 0 Å². The number of benzene rings is 8. The maximum absolute atomic E-state index is 11.6. The molecule has 0 radical (unpaired) electrons. The average Bonchev–Trinajstić information content (AvgIpc) is 3.37. The molecule has 0 aliphatic heterocycles. The van der Waals surface area contributed by atoms with Crippen LogP contribution in [0.2, 0.25) is 55.2 Å². The Morgan fingerprint density at radius 3 is 0.805 bits per heavy atom. The van der Waals surface area contributed by atoms with E-state index in [1.54, 1.807) is 133 Å². The Kier molecular flexibility index (Phi) is 25.9. The average molecular weight is 1280 g/mol. The summed E-state index contributed by atoms with van der Waals surface area (Å²) in [5, 5.41) is 4.97. The van der Waals surface area contributed by atoms with Crippen molar-refractivity contribution in [2.45, 2.75) is 28.2 Å². The Morgan fingerprint density at radius 2 is 0.532 bits per heavy atom. The minimum absolute atomic E-state index is 0. The highest BCUT2D eigenvalue weighted by atomic mass is 35.5. The molecule has 0 saturated heterocycles. The van der Waals surface area contributed by atoms with E-state index in [0.29, 0.717) is 112 Å². The van der Waals surface area contributed by atoms with Crippen LogP contribution in [0.15, 0.2) is 152 Å². The second-order valence-electron chi connectivity index (χ2n) is 15.2. The Labute approximate surface area is 504 Å². The van der Waals surface area contributed by atoms with Gasteiger partial charge in [-0.1, -0.05) is 135 Å². The number of ketones is 3. The molecular weight excluding hydrogens is 1240 g/mol. The van der Waals surface area contributed by atoms with Gasteiger partial charge in [0.1, 0.15) is 63.4 Å². The van der Waals surface area contributed by atoms with Crippen LogP contribution in [0.5, 0.6) is 46.0 Å². The van der Waals surface area contributed by atoms with Gasteiger partial charge in [0.15, 0.2) is 17.3 Å². The summed E-state index contributed by atoms with van der Waals surface area (Å²) in [7, 11) is 0. The predicted molar refractivity (Wildman–Crippen MR) is 315 cm³/mol. The lowest BCUT2D eigenvalue weighted by Gasteiger charge is -2.11. The van der Waals surface area contributed by atoms with Crippen LogP contribution < -0.4 is 18.9 Å². The molecule has 9 nitrogen and oxygen atoms in total. The first-order valence-corrected chi connectivity index (χ1v) is 25.8. The van der Waals surface area contributed by atoms with Gasteiger partial charge in [0, 0.05) is 40.2 Å². The summed E-state index contributed by atoms with van der Waals surface area (Å²) in [6.45, 7) is 4.37. The fourth-order valence-electron chi connectivity index (χ4n) is 6.05. The van der Waals surface area contributed by atoms with E-state index in [-0.39, 0.29) is 36.1 Å². The molecule has 0 unspecified atom stereocenters. The fourth-order valence-corrected chi connectivity index (χ4v) is 8.29. The topological polar surface area (TPSA) is 114 Å². The molecule has 0 bridgehead atoms. The summed E-state index contributed by atoms with van der Waals surface area (Å²) in [6.07, 6.45) is 0. The van der Waals surface area contributed by atoms with E-state index in [1.165, 1.54) is 39.0 Å². The second-order valence-corrected chi connectivity index (χ2v) is 20.0. The van der Waals surface area contributed by atoms with Gasteiger partial charge in [-0.15, -0.1) is 0 Å². The fraction of sp³-hybridized carbons (Fsp3) is 0.0714. The van der Waals surface area contributed by atoms with Crippen molar-refractivity contribution < 1.29 is 42.4 Å². The molecule has 0 atom stereocenters. The lowest BCUT2D eigenvalue weighted by molar-refractivity contribution is 0.0747. The van der Waals surface area contributed by atoms with Crippen LogP contribution in [-0.4, -0.2) is 23.3 Å². The molecule has 400 valence electrons. The van der Waals surface area contributed by atoms with Gasteiger partial charge < -0.3 is 23.2 Å². The van der Waals surface area contributed by atoms with Crippen molar-refractivity contribution in [2.24, 2.45) is 0 Å². The zero-order valence-corrected chi connectivity index (χ0v) is 48.2. The summed E-state index contributed by atoms with van der Waals surface area (Å²) in [5.41, 5.74) is 1.34. The van der Waals surface area contributed by atoms with Gasteiger partial charge in [-0.25, -0.2) is 4.79 Å². The summed E-state index contributed by atoms with van der Waals surface area (Å²) < 4.78 is 26.6. The molecule has 0 N–H and O–H groups in total. The monoisotopic (exact) mass is 1270 g/mol. The van der Waals surface area contributed by atoms with Gasteiger partial charge >= 0.3 is 5.97 Å². The molecule has 0 aliphatic rings. The molecule has 77 heavy (non-hydrogen) atoms. The number of hydrogen-bond donors (Lipinski definition) is 0. The minimum atomic E-state index is -0.783. The van der Waals surface area contributed by atoms with E-state index in [9.17, 15) is 19.2 Å². The molecule has 0 heterocycles. The Balaban J connectivity index is 0.000000221. The highest BCUT2D eigenvalue weighted by Crippen LogP contribution is 2.38. The summed E-state index contributed by atoms with van der Waals surface area (Å²) >= 11 is 69.7. The van der Waals surface area contributed by atoms with E-state index >= 15 is 0 Å². The first-order chi connectivity index (χ1) is 36.0. The maximum Gasteiger partial charge on any atom is 0.360 e. The largest absolute Gasteiger partial charge is 0.457 e. The number of carbonyl (C=O) groups excluding carboxylic acids is 4. The van der Waals surface area contributed by atoms with Crippen molar-refractivity contribution in [1.29, 1.82) is 0 Å². The molecule has 8 rings (SSSR count). The smallest absolute Gasteiger partial charge is 0.360 e. The number of Topliss-reactive ketones (excluding diaryl/α,β-unsaturated/α-hetero) is 3.